The van der Waals surface area contributed by atoms with Crippen LogP contribution in [0.15, 0.2) is 36.8 Å². The number of carbonyl (C=O) groups excluding carboxylic acids is 1. The van der Waals surface area contributed by atoms with Crippen LogP contribution < -0.4 is 4.74 Å². The van der Waals surface area contributed by atoms with Gasteiger partial charge in [0.1, 0.15) is 12.1 Å². The van der Waals surface area contributed by atoms with Crippen LogP contribution in [0.5, 0.6) is 5.75 Å². The molecular formula is C21H24N4O2. The van der Waals surface area contributed by atoms with Gasteiger partial charge in [-0.2, -0.15) is 0 Å². The third kappa shape index (κ3) is 3.05. The number of likely N-dealkylation sites (tertiary alicyclic amines) is 1. The Morgan fingerprint density at radius 1 is 1.30 bits per heavy atom. The zero-order valence-corrected chi connectivity index (χ0v) is 16.0. The molecule has 6 heteroatoms. The lowest BCUT2D eigenvalue weighted by molar-refractivity contribution is 0.0707. The van der Waals surface area contributed by atoms with E-state index in [-0.39, 0.29) is 11.8 Å². The first-order valence-corrected chi connectivity index (χ1v) is 9.28. The van der Waals surface area contributed by atoms with Crippen molar-refractivity contribution in [2.24, 2.45) is 7.05 Å². The molecule has 27 heavy (non-hydrogen) atoms. The summed E-state index contributed by atoms with van der Waals surface area (Å²) >= 11 is 0. The number of rotatable bonds is 3. The SMILES string of the molecule is COc1ccc2c(c1)c(C(=O)N1CCC[C@@H](c3ccncn3)C1)c(C)n2C. The molecule has 140 valence electrons. The van der Waals surface area contributed by atoms with Gasteiger partial charge in [-0.15, -0.1) is 0 Å². The average molecular weight is 364 g/mol. The molecule has 0 saturated carbocycles. The maximum Gasteiger partial charge on any atom is 0.256 e. The number of carbonyl (C=O) groups is 1. The lowest BCUT2D eigenvalue weighted by Crippen LogP contribution is -2.39. The summed E-state index contributed by atoms with van der Waals surface area (Å²) in [7, 11) is 3.65. The Hall–Kier alpha value is -2.89. The summed E-state index contributed by atoms with van der Waals surface area (Å²) in [6.07, 6.45) is 5.37. The highest BCUT2D eigenvalue weighted by Gasteiger charge is 2.29. The van der Waals surface area contributed by atoms with E-state index in [0.717, 1.165) is 53.0 Å². The molecule has 0 spiro atoms. The molecular weight excluding hydrogens is 340 g/mol. The Labute approximate surface area is 158 Å². The van der Waals surface area contributed by atoms with E-state index in [9.17, 15) is 4.79 Å². The van der Waals surface area contributed by atoms with Gasteiger partial charge in [0.2, 0.25) is 0 Å². The Kier molecular flexibility index (Phi) is 4.56. The van der Waals surface area contributed by atoms with E-state index in [0.29, 0.717) is 6.54 Å². The fourth-order valence-corrected chi connectivity index (χ4v) is 4.05. The lowest BCUT2D eigenvalue weighted by atomic mass is 9.94. The molecule has 1 atom stereocenters. The number of methoxy groups -OCH3 is 1. The van der Waals surface area contributed by atoms with Crippen molar-refractivity contribution in [3.05, 3.63) is 53.7 Å². The quantitative estimate of drug-likeness (QED) is 0.715. The molecule has 1 fully saturated rings. The van der Waals surface area contributed by atoms with Crippen molar-refractivity contribution < 1.29 is 9.53 Å². The molecule has 1 aliphatic heterocycles. The Morgan fingerprint density at radius 3 is 2.89 bits per heavy atom. The van der Waals surface area contributed by atoms with Gasteiger partial charge in [-0.3, -0.25) is 4.79 Å². The van der Waals surface area contributed by atoms with Crippen LogP contribution in [0, 0.1) is 6.92 Å². The van der Waals surface area contributed by atoms with Gasteiger partial charge in [-0.1, -0.05) is 0 Å². The standard InChI is InChI=1S/C21H24N4O2/c1-14-20(17-11-16(27-3)6-7-19(17)24(14)2)21(26)25-10-4-5-15(12-25)18-8-9-22-13-23-18/h6-9,11,13,15H,4-5,10,12H2,1-3H3/t15-/m1/s1. The highest BCUT2D eigenvalue weighted by molar-refractivity contribution is 6.08. The predicted octanol–water partition coefficient (Wildman–Crippen LogP) is 3.31. The molecule has 6 nitrogen and oxygen atoms in total. The monoisotopic (exact) mass is 364 g/mol. The number of nitrogens with zero attached hydrogens (tertiary/aromatic N) is 4. The van der Waals surface area contributed by atoms with Gasteiger partial charge in [0.25, 0.3) is 5.91 Å². The van der Waals surface area contributed by atoms with Gasteiger partial charge < -0.3 is 14.2 Å². The smallest absolute Gasteiger partial charge is 0.256 e. The highest BCUT2D eigenvalue weighted by atomic mass is 16.5. The summed E-state index contributed by atoms with van der Waals surface area (Å²) in [6.45, 7) is 3.47. The van der Waals surface area contributed by atoms with E-state index in [1.54, 1.807) is 19.6 Å². The van der Waals surface area contributed by atoms with Crippen molar-refractivity contribution in [2.45, 2.75) is 25.7 Å². The molecule has 1 saturated heterocycles. The van der Waals surface area contributed by atoms with Crippen LogP contribution in [0.2, 0.25) is 0 Å². The fraction of sp³-hybridized carbons (Fsp3) is 0.381. The number of aryl methyl sites for hydroxylation is 1. The molecule has 3 heterocycles. The number of hydrogen-bond donors (Lipinski definition) is 0. The van der Waals surface area contributed by atoms with Crippen molar-refractivity contribution >= 4 is 16.8 Å². The van der Waals surface area contributed by atoms with Crippen LogP contribution in [0.1, 0.15) is 40.5 Å². The molecule has 4 rings (SSSR count). The number of benzene rings is 1. The minimum absolute atomic E-state index is 0.0881. The number of ether oxygens (including phenoxy) is 1. The van der Waals surface area contributed by atoms with E-state index in [1.165, 1.54) is 0 Å². The molecule has 0 unspecified atom stereocenters. The second kappa shape index (κ2) is 7.02. The first kappa shape index (κ1) is 17.5. The average Bonchev–Trinajstić information content (AvgIpc) is 2.98. The van der Waals surface area contributed by atoms with Crippen molar-refractivity contribution in [2.75, 3.05) is 20.2 Å². The maximum absolute atomic E-state index is 13.5. The summed E-state index contributed by atoms with van der Waals surface area (Å²) in [4.78, 5) is 23.8. The highest BCUT2D eigenvalue weighted by Crippen LogP contribution is 2.32. The first-order valence-electron chi connectivity index (χ1n) is 9.28. The van der Waals surface area contributed by atoms with Crippen LogP contribution >= 0.6 is 0 Å². The molecule has 0 radical (unpaired) electrons. The molecule has 0 aliphatic carbocycles. The van der Waals surface area contributed by atoms with Gasteiger partial charge in [0.15, 0.2) is 0 Å². The number of fused-ring (bicyclic) bond motifs is 1. The van der Waals surface area contributed by atoms with Crippen molar-refractivity contribution in [1.82, 2.24) is 19.4 Å². The molecule has 1 aliphatic rings. The van der Waals surface area contributed by atoms with Gasteiger partial charge >= 0.3 is 0 Å². The Morgan fingerprint density at radius 2 is 2.15 bits per heavy atom. The van der Waals surface area contributed by atoms with E-state index in [4.69, 9.17) is 4.74 Å². The second-order valence-electron chi connectivity index (χ2n) is 7.13. The molecule has 2 aromatic heterocycles. The van der Waals surface area contributed by atoms with E-state index >= 15 is 0 Å². The van der Waals surface area contributed by atoms with Crippen LogP contribution in [-0.2, 0) is 7.05 Å². The van der Waals surface area contributed by atoms with E-state index in [1.807, 2.05) is 43.1 Å². The van der Waals surface area contributed by atoms with Crippen molar-refractivity contribution in [3.8, 4) is 5.75 Å². The largest absolute Gasteiger partial charge is 0.497 e. The summed E-state index contributed by atoms with van der Waals surface area (Å²) in [5, 5.41) is 0.948. The number of hydrogen-bond acceptors (Lipinski definition) is 4. The number of piperidine rings is 1. The van der Waals surface area contributed by atoms with Crippen molar-refractivity contribution in [1.29, 1.82) is 0 Å². The summed E-state index contributed by atoms with van der Waals surface area (Å²) in [6, 6.07) is 7.86. The van der Waals surface area contributed by atoms with Crippen molar-refractivity contribution in [3.63, 3.8) is 0 Å². The lowest BCUT2D eigenvalue weighted by Gasteiger charge is -2.32. The minimum atomic E-state index is 0.0881. The van der Waals surface area contributed by atoms with Crippen LogP contribution in [0.25, 0.3) is 10.9 Å². The van der Waals surface area contributed by atoms with Crippen LogP contribution in [0.4, 0.5) is 0 Å². The molecule has 1 amide bonds. The molecule has 0 bridgehead atoms. The van der Waals surface area contributed by atoms with E-state index in [2.05, 4.69) is 14.5 Å². The summed E-state index contributed by atoms with van der Waals surface area (Å²) < 4.78 is 7.46. The van der Waals surface area contributed by atoms with Crippen LogP contribution in [0.3, 0.4) is 0 Å². The first-order chi connectivity index (χ1) is 13.1. The minimum Gasteiger partial charge on any atom is -0.497 e. The topological polar surface area (TPSA) is 60.2 Å². The van der Waals surface area contributed by atoms with Crippen LogP contribution in [-0.4, -0.2) is 45.5 Å². The zero-order chi connectivity index (χ0) is 19.0. The van der Waals surface area contributed by atoms with Gasteiger partial charge in [-0.25, -0.2) is 9.97 Å². The molecule has 3 aromatic rings. The Balaban J connectivity index is 1.69. The number of aromatic nitrogens is 3. The fourth-order valence-electron chi connectivity index (χ4n) is 4.05. The molecule has 0 N–H and O–H groups in total. The third-order valence-corrected chi connectivity index (χ3v) is 5.64. The maximum atomic E-state index is 13.5. The number of amides is 1. The predicted molar refractivity (Wildman–Crippen MR) is 104 cm³/mol. The zero-order valence-electron chi connectivity index (χ0n) is 16.0. The van der Waals surface area contributed by atoms with Gasteiger partial charge in [-0.05, 0) is 44.0 Å². The van der Waals surface area contributed by atoms with Gasteiger partial charge in [0, 0.05) is 54.5 Å². The normalized spacial score (nSPS) is 17.3. The summed E-state index contributed by atoms with van der Waals surface area (Å²) in [5.74, 6) is 1.11. The Bertz CT molecular complexity index is 981. The second-order valence-corrected chi connectivity index (χ2v) is 7.13. The van der Waals surface area contributed by atoms with E-state index < -0.39 is 0 Å². The third-order valence-electron chi connectivity index (χ3n) is 5.64. The van der Waals surface area contributed by atoms with Gasteiger partial charge in [0.05, 0.1) is 12.7 Å². The molecule has 1 aromatic carbocycles. The summed E-state index contributed by atoms with van der Waals surface area (Å²) in [5.41, 5.74) is 3.81.